The fourth-order valence-corrected chi connectivity index (χ4v) is 3.25. The largest absolute Gasteiger partial charge is 0.383 e. The van der Waals surface area contributed by atoms with Gasteiger partial charge in [-0.3, -0.25) is 4.90 Å². The van der Waals surface area contributed by atoms with E-state index < -0.39 is 0 Å². The summed E-state index contributed by atoms with van der Waals surface area (Å²) in [6.45, 7) is 11.4. The topological polar surface area (TPSA) is 44.8 Å². The zero-order chi connectivity index (χ0) is 17.5. The number of hydrogen-bond acceptors (Lipinski definition) is 3. The van der Waals surface area contributed by atoms with E-state index in [-0.39, 0.29) is 12.1 Å². The van der Waals surface area contributed by atoms with Crippen LogP contribution in [0, 0.1) is 13.8 Å². The van der Waals surface area contributed by atoms with E-state index in [0.717, 1.165) is 45.8 Å². The second-order valence-electron chi connectivity index (χ2n) is 6.59. The van der Waals surface area contributed by atoms with E-state index in [4.69, 9.17) is 4.74 Å². The number of ether oxygens (including phenoxy) is 1. The minimum absolute atomic E-state index is 0.0493. The number of carbonyl (C=O) groups is 1. The number of urea groups is 1. The van der Waals surface area contributed by atoms with Crippen molar-refractivity contribution in [3.63, 3.8) is 0 Å². The number of piperazine rings is 1. The number of hydrogen-bond donors (Lipinski definition) is 1. The van der Waals surface area contributed by atoms with Crippen LogP contribution in [0.25, 0.3) is 0 Å². The van der Waals surface area contributed by atoms with Crippen LogP contribution in [0.2, 0.25) is 0 Å². The molecule has 1 heterocycles. The molecular formula is C19H31N3O2. The number of aryl methyl sites for hydroxylation is 2. The highest BCUT2D eigenvalue weighted by Gasteiger charge is 2.23. The van der Waals surface area contributed by atoms with Crippen LogP contribution >= 0.6 is 0 Å². The third kappa shape index (κ3) is 4.95. The van der Waals surface area contributed by atoms with Crippen LogP contribution in [0.5, 0.6) is 0 Å². The second kappa shape index (κ2) is 9.04. The Morgan fingerprint density at radius 2 is 1.96 bits per heavy atom. The lowest BCUT2D eigenvalue weighted by atomic mass is 9.97. The van der Waals surface area contributed by atoms with Gasteiger partial charge in [0.05, 0.1) is 12.6 Å². The van der Waals surface area contributed by atoms with Crippen molar-refractivity contribution in [3.8, 4) is 0 Å². The quantitative estimate of drug-likeness (QED) is 0.870. The van der Waals surface area contributed by atoms with Crippen molar-refractivity contribution in [1.82, 2.24) is 15.1 Å². The van der Waals surface area contributed by atoms with Gasteiger partial charge in [0.2, 0.25) is 0 Å². The second-order valence-corrected chi connectivity index (χ2v) is 6.59. The predicted octanol–water partition coefficient (Wildman–Crippen LogP) is 2.73. The predicted molar refractivity (Wildman–Crippen MR) is 97.4 cm³/mol. The van der Waals surface area contributed by atoms with E-state index in [1.807, 2.05) is 4.90 Å². The highest BCUT2D eigenvalue weighted by Crippen LogP contribution is 2.22. The molecule has 5 nitrogen and oxygen atoms in total. The molecule has 1 saturated heterocycles. The summed E-state index contributed by atoms with van der Waals surface area (Å²) < 4.78 is 5.12. The Morgan fingerprint density at radius 3 is 2.54 bits per heavy atom. The van der Waals surface area contributed by atoms with Gasteiger partial charge in [0, 0.05) is 39.8 Å². The van der Waals surface area contributed by atoms with Crippen molar-refractivity contribution >= 4 is 6.03 Å². The summed E-state index contributed by atoms with van der Waals surface area (Å²) in [5.41, 5.74) is 3.71. The fourth-order valence-electron chi connectivity index (χ4n) is 3.25. The molecule has 2 rings (SSSR count). The summed E-state index contributed by atoms with van der Waals surface area (Å²) in [5, 5.41) is 3.21. The van der Waals surface area contributed by atoms with E-state index in [2.05, 4.69) is 49.2 Å². The summed E-state index contributed by atoms with van der Waals surface area (Å²) >= 11 is 0. The third-order valence-electron chi connectivity index (χ3n) is 4.78. The van der Waals surface area contributed by atoms with E-state index in [1.165, 1.54) is 16.7 Å². The summed E-state index contributed by atoms with van der Waals surface area (Å²) in [6.07, 6.45) is 0.892. The van der Waals surface area contributed by atoms with Gasteiger partial charge in [-0.25, -0.2) is 4.79 Å². The Hall–Kier alpha value is -1.59. The van der Waals surface area contributed by atoms with Crippen LogP contribution in [0.15, 0.2) is 18.2 Å². The molecule has 1 aromatic rings. The van der Waals surface area contributed by atoms with Crippen LogP contribution in [0.4, 0.5) is 4.79 Å². The first kappa shape index (κ1) is 18.7. The van der Waals surface area contributed by atoms with E-state index in [0.29, 0.717) is 0 Å². The Kier molecular flexibility index (Phi) is 7.06. The molecule has 1 N–H and O–H groups in total. The van der Waals surface area contributed by atoms with E-state index in [1.54, 1.807) is 7.11 Å². The van der Waals surface area contributed by atoms with Gasteiger partial charge in [-0.15, -0.1) is 0 Å². The number of carbonyl (C=O) groups excluding carboxylic acids is 1. The van der Waals surface area contributed by atoms with Crippen molar-refractivity contribution in [3.05, 3.63) is 34.9 Å². The van der Waals surface area contributed by atoms with Gasteiger partial charge in [0.25, 0.3) is 0 Å². The first-order valence-corrected chi connectivity index (χ1v) is 8.89. The van der Waals surface area contributed by atoms with Gasteiger partial charge in [-0.1, -0.05) is 30.7 Å². The third-order valence-corrected chi connectivity index (χ3v) is 4.78. The maximum absolute atomic E-state index is 12.6. The minimum Gasteiger partial charge on any atom is -0.383 e. The maximum Gasteiger partial charge on any atom is 0.317 e. The van der Waals surface area contributed by atoms with Gasteiger partial charge in [-0.2, -0.15) is 0 Å². The lowest BCUT2D eigenvalue weighted by Gasteiger charge is -2.35. The monoisotopic (exact) mass is 333 g/mol. The standard InChI is InChI=1S/C19H31N3O2/c1-5-18(17-7-6-15(2)14-16(17)3)20-19(23)22-10-8-21(9-11-22)12-13-24-4/h6-7,14,18H,5,8-13H2,1-4H3,(H,20,23). The molecule has 1 aliphatic heterocycles. The van der Waals surface area contributed by atoms with Crippen molar-refractivity contribution in [2.45, 2.75) is 33.2 Å². The molecule has 1 atom stereocenters. The normalized spacial score (nSPS) is 16.9. The molecule has 1 aliphatic rings. The molecule has 0 aliphatic carbocycles. The SMILES string of the molecule is CCC(NC(=O)N1CCN(CCOC)CC1)c1ccc(C)cc1C. The molecule has 2 amide bonds. The Morgan fingerprint density at radius 1 is 1.25 bits per heavy atom. The number of nitrogens with zero attached hydrogens (tertiary/aromatic N) is 2. The van der Waals surface area contributed by atoms with Gasteiger partial charge in [0.1, 0.15) is 0 Å². The van der Waals surface area contributed by atoms with Crippen LogP contribution in [-0.2, 0) is 4.74 Å². The zero-order valence-corrected chi connectivity index (χ0v) is 15.5. The summed E-state index contributed by atoms with van der Waals surface area (Å²) in [4.78, 5) is 16.9. The average Bonchev–Trinajstić information content (AvgIpc) is 2.58. The number of benzene rings is 1. The molecule has 134 valence electrons. The first-order chi connectivity index (χ1) is 11.5. The summed E-state index contributed by atoms with van der Waals surface area (Å²) in [6, 6.07) is 6.56. The van der Waals surface area contributed by atoms with Crippen LogP contribution in [-0.4, -0.2) is 62.3 Å². The van der Waals surface area contributed by atoms with Gasteiger partial charge < -0.3 is 15.0 Å². The van der Waals surface area contributed by atoms with Crippen molar-refractivity contribution < 1.29 is 9.53 Å². The molecule has 1 fully saturated rings. The lowest BCUT2D eigenvalue weighted by Crippen LogP contribution is -2.52. The molecular weight excluding hydrogens is 302 g/mol. The van der Waals surface area contributed by atoms with Crippen molar-refractivity contribution in [2.75, 3.05) is 46.4 Å². The number of rotatable bonds is 6. The Bertz CT molecular complexity index is 539. The van der Waals surface area contributed by atoms with Gasteiger partial charge in [0.15, 0.2) is 0 Å². The molecule has 0 radical (unpaired) electrons. The van der Waals surface area contributed by atoms with Crippen molar-refractivity contribution in [2.24, 2.45) is 0 Å². The fraction of sp³-hybridized carbons (Fsp3) is 0.632. The molecule has 0 saturated carbocycles. The number of nitrogens with one attached hydrogen (secondary N) is 1. The Labute approximate surface area is 146 Å². The highest BCUT2D eigenvalue weighted by atomic mass is 16.5. The number of amides is 2. The minimum atomic E-state index is 0.0493. The summed E-state index contributed by atoms with van der Waals surface area (Å²) in [5.74, 6) is 0. The zero-order valence-electron chi connectivity index (χ0n) is 15.5. The van der Waals surface area contributed by atoms with E-state index >= 15 is 0 Å². The van der Waals surface area contributed by atoms with Crippen LogP contribution in [0.1, 0.15) is 36.1 Å². The summed E-state index contributed by atoms with van der Waals surface area (Å²) in [7, 11) is 1.72. The molecule has 24 heavy (non-hydrogen) atoms. The van der Waals surface area contributed by atoms with Crippen LogP contribution in [0.3, 0.4) is 0 Å². The lowest BCUT2D eigenvalue weighted by molar-refractivity contribution is 0.105. The van der Waals surface area contributed by atoms with E-state index in [9.17, 15) is 4.79 Å². The highest BCUT2D eigenvalue weighted by molar-refractivity contribution is 5.75. The molecule has 0 aromatic heterocycles. The smallest absolute Gasteiger partial charge is 0.317 e. The first-order valence-electron chi connectivity index (χ1n) is 8.89. The molecule has 0 spiro atoms. The van der Waals surface area contributed by atoms with Gasteiger partial charge in [-0.05, 0) is 31.4 Å². The average molecular weight is 333 g/mol. The molecule has 0 bridgehead atoms. The molecule has 1 unspecified atom stereocenters. The number of methoxy groups -OCH3 is 1. The Balaban J connectivity index is 1.91. The molecule has 5 heteroatoms. The van der Waals surface area contributed by atoms with Crippen molar-refractivity contribution in [1.29, 1.82) is 0 Å². The van der Waals surface area contributed by atoms with Crippen LogP contribution < -0.4 is 5.32 Å². The van der Waals surface area contributed by atoms with Gasteiger partial charge >= 0.3 is 6.03 Å². The molecule has 1 aromatic carbocycles. The maximum atomic E-state index is 12.6.